The molecule has 1 aliphatic heterocycles. The average molecular weight is 401 g/mol. The molecule has 0 saturated heterocycles. The van der Waals surface area contributed by atoms with Gasteiger partial charge in [0.1, 0.15) is 5.82 Å². The van der Waals surface area contributed by atoms with Crippen molar-refractivity contribution in [2.45, 2.75) is 13.1 Å². The maximum absolute atomic E-state index is 11.2. The first-order valence-electron chi connectivity index (χ1n) is 9.52. The van der Waals surface area contributed by atoms with Crippen LogP contribution < -0.4 is 10.2 Å². The summed E-state index contributed by atoms with van der Waals surface area (Å²) in [4.78, 5) is 22.3. The maximum Gasteiger partial charge on any atom is 0.337 e. The highest BCUT2D eigenvalue weighted by atomic mass is 16.4. The Kier molecular flexibility index (Phi) is 4.40. The van der Waals surface area contributed by atoms with Crippen molar-refractivity contribution in [2.24, 2.45) is 0 Å². The second-order valence-electron chi connectivity index (χ2n) is 7.07. The number of nitrogens with zero attached hydrogens (tertiary/aromatic N) is 5. The zero-order chi connectivity index (χ0) is 20.5. The minimum absolute atomic E-state index is 0.307. The molecule has 0 amide bonds. The normalized spacial score (nSPS) is 13.1. The van der Waals surface area contributed by atoms with Gasteiger partial charge in [-0.3, -0.25) is 5.10 Å². The zero-order valence-electron chi connectivity index (χ0n) is 16.0. The Morgan fingerprint density at radius 1 is 1.13 bits per heavy atom. The summed E-state index contributed by atoms with van der Waals surface area (Å²) < 4.78 is 1.98. The third-order valence-electron chi connectivity index (χ3n) is 5.11. The molecule has 150 valence electrons. The monoisotopic (exact) mass is 401 g/mol. The van der Waals surface area contributed by atoms with Gasteiger partial charge in [0, 0.05) is 48.6 Å². The van der Waals surface area contributed by atoms with Gasteiger partial charge in [0.25, 0.3) is 0 Å². The van der Waals surface area contributed by atoms with Gasteiger partial charge in [0.2, 0.25) is 5.95 Å². The van der Waals surface area contributed by atoms with E-state index in [1.165, 1.54) is 0 Å². The van der Waals surface area contributed by atoms with Crippen LogP contribution in [0, 0.1) is 0 Å². The lowest BCUT2D eigenvalue weighted by Crippen LogP contribution is -2.34. The Morgan fingerprint density at radius 3 is 2.77 bits per heavy atom. The number of fused-ring (bicyclic) bond motifs is 1. The number of hydrogen-bond acceptors (Lipinski definition) is 6. The van der Waals surface area contributed by atoms with Gasteiger partial charge >= 0.3 is 5.97 Å². The summed E-state index contributed by atoms with van der Waals surface area (Å²) in [5, 5.41) is 19.3. The van der Waals surface area contributed by atoms with E-state index in [9.17, 15) is 9.90 Å². The first kappa shape index (κ1) is 17.9. The zero-order valence-corrected chi connectivity index (χ0v) is 16.0. The molecule has 0 saturated carbocycles. The summed E-state index contributed by atoms with van der Waals surface area (Å²) in [5.74, 6) is 0.396. The van der Waals surface area contributed by atoms with Crippen LogP contribution in [-0.2, 0) is 13.1 Å². The first-order chi connectivity index (χ1) is 14.7. The SMILES string of the molecule is O=C(O)c1cc2n(c1)CCN(c1nccc(Nc3ccc(-c4cn[nH]c4)cc3)n1)C2. The molecule has 0 aliphatic carbocycles. The third-order valence-corrected chi connectivity index (χ3v) is 5.11. The van der Waals surface area contributed by atoms with Gasteiger partial charge in [-0.05, 0) is 29.8 Å². The lowest BCUT2D eigenvalue weighted by molar-refractivity contribution is 0.0697. The second kappa shape index (κ2) is 7.36. The van der Waals surface area contributed by atoms with Crippen LogP contribution in [0.3, 0.4) is 0 Å². The Bertz CT molecular complexity index is 1180. The van der Waals surface area contributed by atoms with Crippen LogP contribution in [-0.4, -0.2) is 42.4 Å². The van der Waals surface area contributed by atoms with Crippen molar-refractivity contribution in [3.63, 3.8) is 0 Å². The number of rotatable bonds is 5. The molecule has 0 fully saturated rings. The molecule has 9 heteroatoms. The molecule has 0 radical (unpaired) electrons. The summed E-state index contributed by atoms with van der Waals surface area (Å²) in [6.45, 7) is 1.97. The molecule has 4 heterocycles. The van der Waals surface area contributed by atoms with Gasteiger partial charge in [-0.1, -0.05) is 12.1 Å². The summed E-state index contributed by atoms with van der Waals surface area (Å²) in [6, 6.07) is 11.6. The van der Waals surface area contributed by atoms with Gasteiger partial charge in [-0.15, -0.1) is 0 Å². The fraction of sp³-hybridized carbons (Fsp3) is 0.143. The molecule has 9 nitrogen and oxygen atoms in total. The topological polar surface area (TPSA) is 112 Å². The molecule has 0 atom stereocenters. The van der Waals surface area contributed by atoms with Crippen LogP contribution in [0.2, 0.25) is 0 Å². The molecular formula is C21H19N7O2. The van der Waals surface area contributed by atoms with Crippen molar-refractivity contribution in [3.05, 3.63) is 72.4 Å². The van der Waals surface area contributed by atoms with Gasteiger partial charge < -0.3 is 19.9 Å². The van der Waals surface area contributed by atoms with E-state index in [1.807, 2.05) is 46.0 Å². The van der Waals surface area contributed by atoms with Crippen molar-refractivity contribution in [1.29, 1.82) is 0 Å². The number of carboxylic acids is 1. The average Bonchev–Trinajstić information content (AvgIpc) is 3.44. The number of carbonyl (C=O) groups is 1. The lowest BCUT2D eigenvalue weighted by Gasteiger charge is -2.28. The molecule has 0 bridgehead atoms. The van der Waals surface area contributed by atoms with Crippen LogP contribution >= 0.6 is 0 Å². The predicted octanol–water partition coefficient (Wildman–Crippen LogP) is 3.13. The van der Waals surface area contributed by atoms with Gasteiger partial charge in [0.05, 0.1) is 18.3 Å². The molecule has 4 aromatic rings. The van der Waals surface area contributed by atoms with Crippen molar-refractivity contribution in [3.8, 4) is 11.1 Å². The van der Waals surface area contributed by atoms with E-state index in [0.717, 1.165) is 22.5 Å². The molecule has 3 aromatic heterocycles. The molecule has 1 aromatic carbocycles. The smallest absolute Gasteiger partial charge is 0.337 e. The molecular weight excluding hydrogens is 382 g/mol. The summed E-state index contributed by atoms with van der Waals surface area (Å²) >= 11 is 0. The van der Waals surface area contributed by atoms with E-state index in [4.69, 9.17) is 0 Å². The molecule has 30 heavy (non-hydrogen) atoms. The number of benzene rings is 1. The van der Waals surface area contributed by atoms with Crippen molar-refractivity contribution in [2.75, 3.05) is 16.8 Å². The number of aromatic carboxylic acids is 1. The van der Waals surface area contributed by atoms with E-state index in [2.05, 4.69) is 25.5 Å². The minimum atomic E-state index is -0.912. The van der Waals surface area contributed by atoms with Crippen molar-refractivity contribution in [1.82, 2.24) is 24.7 Å². The fourth-order valence-electron chi connectivity index (χ4n) is 3.56. The van der Waals surface area contributed by atoms with Crippen LogP contribution in [0.15, 0.2) is 61.2 Å². The fourth-order valence-corrected chi connectivity index (χ4v) is 3.56. The predicted molar refractivity (Wildman–Crippen MR) is 112 cm³/mol. The van der Waals surface area contributed by atoms with Crippen LogP contribution in [0.5, 0.6) is 0 Å². The summed E-state index contributed by atoms with van der Waals surface area (Å²) in [5.41, 5.74) is 4.28. The number of aromatic amines is 1. The Balaban J connectivity index is 1.31. The number of H-pyrrole nitrogens is 1. The van der Waals surface area contributed by atoms with Crippen molar-refractivity contribution < 1.29 is 9.90 Å². The highest BCUT2D eigenvalue weighted by molar-refractivity contribution is 5.87. The van der Waals surface area contributed by atoms with Crippen molar-refractivity contribution >= 4 is 23.4 Å². The highest BCUT2D eigenvalue weighted by Gasteiger charge is 2.21. The van der Waals surface area contributed by atoms with E-state index in [0.29, 0.717) is 37.0 Å². The first-order valence-corrected chi connectivity index (χ1v) is 9.52. The summed E-state index contributed by atoms with van der Waals surface area (Å²) in [6.07, 6.45) is 7.04. The van der Waals surface area contributed by atoms with Gasteiger partial charge in [0.15, 0.2) is 0 Å². The number of carboxylic acid groups (broad SMARTS) is 1. The number of hydrogen-bond donors (Lipinski definition) is 3. The molecule has 5 rings (SSSR count). The number of aromatic nitrogens is 5. The number of anilines is 3. The van der Waals surface area contributed by atoms with Crippen LogP contribution in [0.4, 0.5) is 17.5 Å². The maximum atomic E-state index is 11.2. The largest absolute Gasteiger partial charge is 0.478 e. The molecule has 0 spiro atoms. The van der Waals surface area contributed by atoms with Crippen LogP contribution in [0.25, 0.3) is 11.1 Å². The van der Waals surface area contributed by atoms with E-state index < -0.39 is 5.97 Å². The second-order valence-corrected chi connectivity index (χ2v) is 7.07. The Morgan fingerprint density at radius 2 is 2.00 bits per heavy atom. The van der Waals surface area contributed by atoms with E-state index in [1.54, 1.807) is 24.7 Å². The van der Waals surface area contributed by atoms with Gasteiger partial charge in [-0.2, -0.15) is 10.1 Å². The van der Waals surface area contributed by atoms with E-state index >= 15 is 0 Å². The van der Waals surface area contributed by atoms with E-state index in [-0.39, 0.29) is 0 Å². The standard InChI is InChI=1S/C21H19N7O2/c29-20(30)15-9-18-13-28(8-7-27(18)12-15)21-22-6-5-19(26-21)25-17-3-1-14(2-4-17)16-10-23-24-11-16/h1-6,9-12H,7-8,13H2,(H,23,24)(H,29,30)(H,22,25,26). The lowest BCUT2D eigenvalue weighted by atomic mass is 10.1. The quantitative estimate of drug-likeness (QED) is 0.471. The van der Waals surface area contributed by atoms with Crippen LogP contribution in [0.1, 0.15) is 16.1 Å². The third kappa shape index (κ3) is 3.48. The Labute approximate surface area is 172 Å². The van der Waals surface area contributed by atoms with Gasteiger partial charge in [-0.25, -0.2) is 9.78 Å². The highest BCUT2D eigenvalue weighted by Crippen LogP contribution is 2.24. The molecule has 3 N–H and O–H groups in total. The molecule has 1 aliphatic rings. The summed E-state index contributed by atoms with van der Waals surface area (Å²) in [7, 11) is 0. The Hall–Kier alpha value is -4.14. The number of nitrogens with one attached hydrogen (secondary N) is 2. The minimum Gasteiger partial charge on any atom is -0.478 e. The molecule has 0 unspecified atom stereocenters.